The van der Waals surface area contributed by atoms with Gasteiger partial charge < -0.3 is 10.2 Å². The summed E-state index contributed by atoms with van der Waals surface area (Å²) in [7, 11) is -8.37. The standard InChI is InChI=1S/C12H18O2.2C6H5FO3S/c13-11-9-7-5-3-1-2-4-6-8-10-12-14;2*7-5-1-3-6(4-2-5)11(8,9)10/h13-14H,5-12H2;2*1-4H,(H,8,9,10). The number of aliphatic hydroxyl groups is 2. The number of unbranched alkanes of at least 4 members (excludes halogenated alkanes) is 4. The van der Waals surface area contributed by atoms with Gasteiger partial charge in [-0.2, -0.15) is 16.8 Å². The molecule has 0 radical (unpaired) electrons. The number of aliphatic hydroxyl groups excluding tert-OH is 2. The maximum atomic E-state index is 12.2. The Morgan fingerprint density at radius 3 is 1.14 bits per heavy atom. The summed E-state index contributed by atoms with van der Waals surface area (Å²) in [5.74, 6) is 10.3. The molecule has 0 aliphatic heterocycles. The van der Waals surface area contributed by atoms with Crippen molar-refractivity contribution in [3.63, 3.8) is 0 Å². The van der Waals surface area contributed by atoms with Crippen molar-refractivity contribution in [1.82, 2.24) is 0 Å². The van der Waals surface area contributed by atoms with Gasteiger partial charge in [0.2, 0.25) is 0 Å². The second-order valence-corrected chi connectivity index (χ2v) is 9.67. The molecule has 0 bridgehead atoms. The highest BCUT2D eigenvalue weighted by atomic mass is 32.2. The minimum atomic E-state index is -4.19. The third-order valence-electron chi connectivity index (χ3n) is 3.88. The predicted octanol–water partition coefficient (Wildman–Crippen LogP) is 3.46. The Hall–Kier alpha value is -2.84. The van der Waals surface area contributed by atoms with E-state index in [4.69, 9.17) is 19.3 Å². The van der Waals surface area contributed by atoms with Crippen LogP contribution in [0.15, 0.2) is 58.3 Å². The van der Waals surface area contributed by atoms with Crippen LogP contribution in [0.1, 0.15) is 38.5 Å². The monoisotopic (exact) mass is 546 g/mol. The molecule has 0 saturated heterocycles. The highest BCUT2D eigenvalue weighted by Crippen LogP contribution is 2.09. The normalized spacial score (nSPS) is 10.3. The number of hydrogen-bond acceptors (Lipinski definition) is 6. The van der Waals surface area contributed by atoms with Gasteiger partial charge in [0.1, 0.15) is 11.6 Å². The highest BCUT2D eigenvalue weighted by molar-refractivity contribution is 7.86. The van der Waals surface area contributed by atoms with Gasteiger partial charge in [-0.05, 0) is 86.1 Å². The molecule has 0 aliphatic carbocycles. The van der Waals surface area contributed by atoms with Crippen molar-refractivity contribution in [2.75, 3.05) is 13.2 Å². The first-order chi connectivity index (χ1) is 16.9. The van der Waals surface area contributed by atoms with E-state index in [1.54, 1.807) is 0 Å². The average molecular weight is 547 g/mol. The number of hydrogen-bond donors (Lipinski definition) is 4. The molecular weight excluding hydrogens is 518 g/mol. The summed E-state index contributed by atoms with van der Waals surface area (Å²) in [6.45, 7) is 0.489. The Labute approximate surface area is 210 Å². The van der Waals surface area contributed by atoms with Gasteiger partial charge in [-0.3, -0.25) is 9.11 Å². The van der Waals surface area contributed by atoms with Gasteiger partial charge >= 0.3 is 0 Å². The fraction of sp³-hybridized carbons (Fsp3) is 0.333. The maximum Gasteiger partial charge on any atom is 0.294 e. The summed E-state index contributed by atoms with van der Waals surface area (Å²) in [5, 5.41) is 17.0. The molecule has 198 valence electrons. The quantitative estimate of drug-likeness (QED) is 0.223. The molecule has 4 N–H and O–H groups in total. The smallest absolute Gasteiger partial charge is 0.294 e. The van der Waals surface area contributed by atoms with Crippen LogP contribution in [0.4, 0.5) is 8.78 Å². The van der Waals surface area contributed by atoms with Gasteiger partial charge in [-0.25, -0.2) is 8.78 Å². The fourth-order valence-corrected chi connectivity index (χ4v) is 3.04. The largest absolute Gasteiger partial charge is 0.396 e. The van der Waals surface area contributed by atoms with Crippen molar-refractivity contribution >= 4 is 20.2 Å². The topological polar surface area (TPSA) is 149 Å². The van der Waals surface area contributed by atoms with Crippen LogP contribution < -0.4 is 0 Å². The number of rotatable bonds is 8. The van der Waals surface area contributed by atoms with Crippen LogP contribution in [0.25, 0.3) is 0 Å². The summed E-state index contributed by atoms with van der Waals surface area (Å²) >= 11 is 0. The lowest BCUT2D eigenvalue weighted by Crippen LogP contribution is -1.97. The van der Waals surface area contributed by atoms with Crippen molar-refractivity contribution < 1.29 is 44.9 Å². The zero-order chi connectivity index (χ0) is 27.5. The Morgan fingerprint density at radius 2 is 0.889 bits per heavy atom. The van der Waals surface area contributed by atoms with E-state index in [0.717, 1.165) is 87.1 Å². The van der Waals surface area contributed by atoms with E-state index in [1.807, 2.05) is 0 Å². The van der Waals surface area contributed by atoms with Crippen molar-refractivity contribution in [2.24, 2.45) is 0 Å². The summed E-state index contributed by atoms with van der Waals surface area (Å²) in [6.07, 6.45) is 5.14. The second kappa shape index (κ2) is 18.4. The van der Waals surface area contributed by atoms with E-state index < -0.39 is 31.9 Å². The van der Waals surface area contributed by atoms with E-state index in [2.05, 4.69) is 23.7 Å². The van der Waals surface area contributed by atoms with Crippen LogP contribution in [-0.4, -0.2) is 49.4 Å². The van der Waals surface area contributed by atoms with E-state index in [1.165, 1.54) is 0 Å². The molecule has 2 aromatic rings. The van der Waals surface area contributed by atoms with Crippen molar-refractivity contribution in [1.29, 1.82) is 0 Å². The second-order valence-electron chi connectivity index (χ2n) is 6.82. The molecular formula is C24H28F2O8S2. The van der Waals surface area contributed by atoms with E-state index in [9.17, 15) is 25.6 Å². The number of halogens is 2. The predicted molar refractivity (Wildman–Crippen MR) is 130 cm³/mol. The summed E-state index contributed by atoms with van der Waals surface area (Å²) in [6, 6.07) is 7.81. The minimum absolute atomic E-state index is 0.245. The first-order valence-electron chi connectivity index (χ1n) is 10.6. The van der Waals surface area contributed by atoms with Gasteiger partial charge in [0.25, 0.3) is 20.2 Å². The number of benzene rings is 2. The van der Waals surface area contributed by atoms with E-state index in [-0.39, 0.29) is 23.0 Å². The van der Waals surface area contributed by atoms with Crippen LogP contribution in [0.3, 0.4) is 0 Å². The minimum Gasteiger partial charge on any atom is -0.396 e. The van der Waals surface area contributed by atoms with Crippen LogP contribution in [-0.2, 0) is 20.2 Å². The zero-order valence-electron chi connectivity index (χ0n) is 19.3. The van der Waals surface area contributed by atoms with E-state index in [0.29, 0.717) is 0 Å². The van der Waals surface area contributed by atoms with Gasteiger partial charge in [-0.15, -0.1) is 0 Å². The lowest BCUT2D eigenvalue weighted by molar-refractivity contribution is 0.285. The Morgan fingerprint density at radius 1 is 0.583 bits per heavy atom. The molecule has 0 fully saturated rings. The van der Waals surface area contributed by atoms with Crippen LogP contribution in [0.2, 0.25) is 0 Å². The molecule has 0 amide bonds. The molecule has 0 atom stereocenters. The zero-order valence-corrected chi connectivity index (χ0v) is 20.9. The highest BCUT2D eigenvalue weighted by Gasteiger charge is 2.08. The molecule has 0 unspecified atom stereocenters. The van der Waals surface area contributed by atoms with Crippen molar-refractivity contribution in [3.8, 4) is 23.7 Å². The first-order valence-corrected chi connectivity index (χ1v) is 13.4. The first kappa shape index (κ1) is 33.2. The SMILES string of the molecule is O=S(=O)(O)c1ccc(F)cc1.O=S(=O)(O)c1ccc(F)cc1.OCCCCC#CC#CCCCCO. The summed E-state index contributed by atoms with van der Waals surface area (Å²) < 4.78 is 82.8. The lowest BCUT2D eigenvalue weighted by atomic mass is 10.2. The molecule has 0 saturated carbocycles. The lowest BCUT2D eigenvalue weighted by Gasteiger charge is -1.93. The maximum absolute atomic E-state index is 12.2. The molecule has 36 heavy (non-hydrogen) atoms. The van der Waals surface area contributed by atoms with Crippen molar-refractivity contribution in [3.05, 3.63) is 60.2 Å². The molecule has 2 rings (SSSR count). The molecule has 12 heteroatoms. The summed E-state index contributed by atoms with van der Waals surface area (Å²) in [4.78, 5) is -0.613. The summed E-state index contributed by atoms with van der Waals surface area (Å²) in [5.41, 5.74) is 0. The third-order valence-corrected chi connectivity index (χ3v) is 5.62. The molecule has 0 aromatic heterocycles. The third kappa shape index (κ3) is 17.6. The van der Waals surface area contributed by atoms with Gasteiger partial charge in [0.15, 0.2) is 0 Å². The van der Waals surface area contributed by atoms with Crippen LogP contribution >= 0.6 is 0 Å². The molecule has 8 nitrogen and oxygen atoms in total. The Bertz CT molecular complexity index is 1120. The van der Waals surface area contributed by atoms with Gasteiger partial charge in [0.05, 0.1) is 9.79 Å². The van der Waals surface area contributed by atoms with E-state index >= 15 is 0 Å². The molecule has 0 aliphatic rings. The van der Waals surface area contributed by atoms with Gasteiger partial charge in [0, 0.05) is 26.1 Å². The molecule has 0 heterocycles. The van der Waals surface area contributed by atoms with Crippen LogP contribution in [0, 0.1) is 35.3 Å². The fourth-order valence-electron chi connectivity index (χ4n) is 2.08. The molecule has 2 aromatic carbocycles. The Balaban J connectivity index is 0.000000515. The Kier molecular flexibility index (Phi) is 17.0. The van der Waals surface area contributed by atoms with Crippen LogP contribution in [0.5, 0.6) is 0 Å². The van der Waals surface area contributed by atoms with Gasteiger partial charge in [-0.1, -0.05) is 11.8 Å². The average Bonchev–Trinajstić information content (AvgIpc) is 2.81. The van der Waals surface area contributed by atoms with Crippen molar-refractivity contribution in [2.45, 2.75) is 48.3 Å². The molecule has 0 spiro atoms.